The topological polar surface area (TPSA) is 18.5 Å². The third-order valence-electron chi connectivity index (χ3n) is 5.05. The largest absolute Gasteiger partial charge is 0.368 e. The summed E-state index contributed by atoms with van der Waals surface area (Å²) in [4.78, 5) is 4.76. The molecular weight excluding hydrogens is 326 g/mol. The molecule has 0 unspecified atom stereocenters. The van der Waals surface area contributed by atoms with Crippen LogP contribution in [0.5, 0.6) is 0 Å². The van der Waals surface area contributed by atoms with Crippen molar-refractivity contribution in [3.8, 4) is 0 Å². The predicted octanol–water partition coefficient (Wildman–Crippen LogP) is 3.81. The number of rotatable bonds is 3. The minimum Gasteiger partial charge on any atom is -0.368 e. The third kappa shape index (κ3) is 4.31. The monoisotopic (exact) mass is 353 g/mol. The Morgan fingerprint density at radius 1 is 0.960 bits per heavy atom. The number of nitrogens with zero attached hydrogens (tertiary/aromatic N) is 2. The molecule has 25 heavy (non-hydrogen) atoms. The SMILES string of the molecule is Cc1ccc(CNC(=S)N2CCN(c3cccc(C)c3C)CC2)cc1. The number of aryl methyl sites for hydroxylation is 2. The number of hydrogen-bond acceptors (Lipinski definition) is 2. The highest BCUT2D eigenvalue weighted by Crippen LogP contribution is 2.23. The van der Waals surface area contributed by atoms with Gasteiger partial charge in [0.1, 0.15) is 0 Å². The Kier molecular flexibility index (Phi) is 5.59. The molecule has 1 heterocycles. The van der Waals surface area contributed by atoms with Crippen molar-refractivity contribution in [2.24, 2.45) is 0 Å². The Morgan fingerprint density at radius 3 is 2.32 bits per heavy atom. The van der Waals surface area contributed by atoms with Crippen LogP contribution < -0.4 is 10.2 Å². The zero-order valence-corrected chi connectivity index (χ0v) is 16.2. The van der Waals surface area contributed by atoms with E-state index in [1.54, 1.807) is 0 Å². The number of hydrogen-bond donors (Lipinski definition) is 1. The first-order valence-electron chi connectivity index (χ1n) is 8.94. The van der Waals surface area contributed by atoms with Gasteiger partial charge in [-0.05, 0) is 55.7 Å². The van der Waals surface area contributed by atoms with Crippen LogP contribution in [-0.4, -0.2) is 36.2 Å². The molecule has 0 aliphatic carbocycles. The Balaban J connectivity index is 1.52. The molecule has 3 nitrogen and oxygen atoms in total. The van der Waals surface area contributed by atoms with Crippen LogP contribution in [0.15, 0.2) is 42.5 Å². The van der Waals surface area contributed by atoms with Gasteiger partial charge in [-0.3, -0.25) is 0 Å². The quantitative estimate of drug-likeness (QED) is 0.846. The summed E-state index contributed by atoms with van der Waals surface area (Å²) in [5.41, 5.74) is 6.65. The summed E-state index contributed by atoms with van der Waals surface area (Å²) in [5.74, 6) is 0. The van der Waals surface area contributed by atoms with Gasteiger partial charge in [-0.1, -0.05) is 42.0 Å². The summed E-state index contributed by atoms with van der Waals surface area (Å²) in [6.45, 7) is 11.2. The molecule has 0 bridgehead atoms. The van der Waals surface area contributed by atoms with Crippen molar-refractivity contribution in [2.45, 2.75) is 27.3 Å². The van der Waals surface area contributed by atoms with Crippen LogP contribution in [0.2, 0.25) is 0 Å². The molecule has 2 aromatic carbocycles. The fourth-order valence-electron chi connectivity index (χ4n) is 3.22. The van der Waals surface area contributed by atoms with Crippen LogP contribution in [0.4, 0.5) is 5.69 Å². The standard InChI is InChI=1S/C21H27N3S/c1-16-7-9-19(10-8-16)15-22-21(25)24-13-11-23(12-14-24)20-6-4-5-17(2)18(20)3/h4-10H,11-15H2,1-3H3,(H,22,25). The Morgan fingerprint density at radius 2 is 1.64 bits per heavy atom. The number of thiocarbonyl (C=S) groups is 1. The summed E-state index contributed by atoms with van der Waals surface area (Å²) in [6.07, 6.45) is 0. The average molecular weight is 354 g/mol. The molecule has 4 heteroatoms. The van der Waals surface area contributed by atoms with Crippen molar-refractivity contribution in [1.29, 1.82) is 0 Å². The van der Waals surface area contributed by atoms with Crippen LogP contribution in [0.25, 0.3) is 0 Å². The molecule has 2 aromatic rings. The van der Waals surface area contributed by atoms with E-state index in [4.69, 9.17) is 12.2 Å². The molecule has 1 saturated heterocycles. The lowest BCUT2D eigenvalue weighted by Gasteiger charge is -2.38. The van der Waals surface area contributed by atoms with Gasteiger partial charge in [0.05, 0.1) is 0 Å². The van der Waals surface area contributed by atoms with Crippen LogP contribution >= 0.6 is 12.2 Å². The maximum atomic E-state index is 5.60. The van der Waals surface area contributed by atoms with Crippen molar-refractivity contribution in [3.63, 3.8) is 0 Å². The molecule has 0 aromatic heterocycles. The number of anilines is 1. The first kappa shape index (κ1) is 17.7. The molecular formula is C21H27N3S. The highest BCUT2D eigenvalue weighted by Gasteiger charge is 2.20. The summed E-state index contributed by atoms with van der Waals surface area (Å²) >= 11 is 5.60. The minimum atomic E-state index is 0.788. The van der Waals surface area contributed by atoms with Gasteiger partial charge in [0.25, 0.3) is 0 Å². The molecule has 0 radical (unpaired) electrons. The average Bonchev–Trinajstić information content (AvgIpc) is 2.63. The zero-order chi connectivity index (χ0) is 17.8. The molecule has 1 fully saturated rings. The van der Waals surface area contributed by atoms with Gasteiger partial charge in [-0.25, -0.2) is 0 Å². The van der Waals surface area contributed by atoms with Crippen molar-refractivity contribution in [3.05, 3.63) is 64.7 Å². The van der Waals surface area contributed by atoms with Gasteiger partial charge >= 0.3 is 0 Å². The second kappa shape index (κ2) is 7.87. The first-order chi connectivity index (χ1) is 12.0. The van der Waals surface area contributed by atoms with Crippen molar-refractivity contribution in [2.75, 3.05) is 31.1 Å². The van der Waals surface area contributed by atoms with E-state index in [0.717, 1.165) is 37.8 Å². The van der Waals surface area contributed by atoms with Gasteiger partial charge < -0.3 is 15.1 Å². The molecule has 3 rings (SSSR count). The molecule has 1 N–H and O–H groups in total. The summed E-state index contributed by atoms with van der Waals surface area (Å²) in [5, 5.41) is 4.26. The number of piperazine rings is 1. The van der Waals surface area contributed by atoms with E-state index in [-0.39, 0.29) is 0 Å². The van der Waals surface area contributed by atoms with E-state index < -0.39 is 0 Å². The van der Waals surface area contributed by atoms with Crippen molar-refractivity contribution >= 4 is 23.0 Å². The fraction of sp³-hybridized carbons (Fsp3) is 0.381. The highest BCUT2D eigenvalue weighted by atomic mass is 32.1. The number of benzene rings is 2. The molecule has 132 valence electrons. The zero-order valence-electron chi connectivity index (χ0n) is 15.4. The lowest BCUT2D eigenvalue weighted by Crippen LogP contribution is -2.51. The minimum absolute atomic E-state index is 0.788. The number of nitrogens with one attached hydrogen (secondary N) is 1. The molecule has 0 spiro atoms. The van der Waals surface area contributed by atoms with Crippen LogP contribution in [0.1, 0.15) is 22.3 Å². The molecule has 1 aliphatic heterocycles. The van der Waals surface area contributed by atoms with Crippen LogP contribution in [-0.2, 0) is 6.54 Å². The smallest absolute Gasteiger partial charge is 0.169 e. The second-order valence-electron chi connectivity index (χ2n) is 6.84. The van der Waals surface area contributed by atoms with E-state index in [1.807, 2.05) is 0 Å². The lowest BCUT2D eigenvalue weighted by molar-refractivity contribution is 0.380. The Hall–Kier alpha value is -2.07. The molecule has 0 amide bonds. The fourth-order valence-corrected chi connectivity index (χ4v) is 3.48. The predicted molar refractivity (Wildman–Crippen MR) is 110 cm³/mol. The van der Waals surface area contributed by atoms with Gasteiger partial charge in [0.2, 0.25) is 0 Å². The van der Waals surface area contributed by atoms with E-state index in [2.05, 4.69) is 78.4 Å². The van der Waals surface area contributed by atoms with Crippen molar-refractivity contribution in [1.82, 2.24) is 10.2 Å². The van der Waals surface area contributed by atoms with E-state index in [1.165, 1.54) is 27.9 Å². The van der Waals surface area contributed by atoms with E-state index >= 15 is 0 Å². The second-order valence-corrected chi connectivity index (χ2v) is 7.22. The molecule has 1 aliphatic rings. The van der Waals surface area contributed by atoms with Gasteiger partial charge in [0.15, 0.2) is 5.11 Å². The van der Waals surface area contributed by atoms with Gasteiger partial charge in [-0.2, -0.15) is 0 Å². The highest BCUT2D eigenvalue weighted by molar-refractivity contribution is 7.80. The summed E-state index contributed by atoms with van der Waals surface area (Å²) < 4.78 is 0. The maximum Gasteiger partial charge on any atom is 0.169 e. The summed E-state index contributed by atoms with van der Waals surface area (Å²) in [6, 6.07) is 15.2. The van der Waals surface area contributed by atoms with Gasteiger partial charge in [0, 0.05) is 38.4 Å². The van der Waals surface area contributed by atoms with Crippen LogP contribution in [0.3, 0.4) is 0 Å². The van der Waals surface area contributed by atoms with Crippen molar-refractivity contribution < 1.29 is 0 Å². The Labute approximate surface area is 156 Å². The van der Waals surface area contributed by atoms with E-state index in [0.29, 0.717) is 0 Å². The van der Waals surface area contributed by atoms with Crippen LogP contribution in [0, 0.1) is 20.8 Å². The Bertz CT molecular complexity index is 731. The summed E-state index contributed by atoms with van der Waals surface area (Å²) in [7, 11) is 0. The normalized spacial score (nSPS) is 14.5. The lowest BCUT2D eigenvalue weighted by atomic mass is 10.1. The molecule has 0 atom stereocenters. The van der Waals surface area contributed by atoms with E-state index in [9.17, 15) is 0 Å². The molecule has 0 saturated carbocycles. The third-order valence-corrected chi connectivity index (χ3v) is 5.45. The first-order valence-corrected chi connectivity index (χ1v) is 9.35. The maximum absolute atomic E-state index is 5.60. The van der Waals surface area contributed by atoms with Gasteiger partial charge in [-0.15, -0.1) is 0 Å².